The summed E-state index contributed by atoms with van der Waals surface area (Å²) in [5.41, 5.74) is 4.94. The van der Waals surface area contributed by atoms with E-state index in [1.165, 1.54) is 11.1 Å². The van der Waals surface area contributed by atoms with Crippen LogP contribution in [-0.2, 0) is 11.3 Å². The van der Waals surface area contributed by atoms with Crippen LogP contribution in [-0.4, -0.2) is 25.5 Å². The molecule has 142 valence electrons. The lowest BCUT2D eigenvalue weighted by Crippen LogP contribution is -2.26. The third-order valence-electron chi connectivity index (χ3n) is 4.66. The number of carbonyl (C=O) groups excluding carboxylic acids is 1. The van der Waals surface area contributed by atoms with Gasteiger partial charge in [-0.05, 0) is 48.7 Å². The zero-order chi connectivity index (χ0) is 19.6. The Bertz CT molecular complexity index is 942. The third-order valence-corrected chi connectivity index (χ3v) is 5.07. The number of hydrogen-bond acceptors (Lipinski definition) is 3. The number of anilines is 1. The van der Waals surface area contributed by atoms with Crippen LogP contribution >= 0.6 is 15.9 Å². The van der Waals surface area contributed by atoms with Crippen LogP contribution < -0.4 is 5.32 Å². The molecule has 0 saturated heterocycles. The van der Waals surface area contributed by atoms with E-state index < -0.39 is 0 Å². The van der Waals surface area contributed by atoms with Gasteiger partial charge in [0.05, 0.1) is 34.3 Å². The molecule has 0 aliphatic rings. The van der Waals surface area contributed by atoms with Crippen molar-refractivity contribution in [3.8, 4) is 0 Å². The summed E-state index contributed by atoms with van der Waals surface area (Å²) in [6.45, 7) is 8.62. The predicted molar refractivity (Wildman–Crippen MR) is 110 cm³/mol. The molecule has 6 nitrogen and oxygen atoms in total. The average Bonchev–Trinajstić information content (AvgIpc) is 3.16. The van der Waals surface area contributed by atoms with Gasteiger partial charge in [-0.2, -0.15) is 10.2 Å². The first-order valence-corrected chi connectivity index (χ1v) is 9.78. The van der Waals surface area contributed by atoms with E-state index in [1.807, 2.05) is 31.6 Å². The van der Waals surface area contributed by atoms with Crippen molar-refractivity contribution in [3.63, 3.8) is 0 Å². The van der Waals surface area contributed by atoms with Gasteiger partial charge in [-0.25, -0.2) is 0 Å². The third kappa shape index (κ3) is 4.30. The summed E-state index contributed by atoms with van der Waals surface area (Å²) in [5.74, 6) is -0.0887. The van der Waals surface area contributed by atoms with Crippen molar-refractivity contribution in [2.75, 3.05) is 5.32 Å². The van der Waals surface area contributed by atoms with Gasteiger partial charge in [0.15, 0.2) is 0 Å². The monoisotopic (exact) mass is 429 g/mol. The van der Waals surface area contributed by atoms with Crippen LogP contribution in [0.2, 0.25) is 0 Å². The molecule has 1 atom stereocenters. The van der Waals surface area contributed by atoms with E-state index in [-0.39, 0.29) is 11.9 Å². The van der Waals surface area contributed by atoms with Crippen molar-refractivity contribution in [2.24, 2.45) is 0 Å². The first kappa shape index (κ1) is 19.4. The Labute approximate surface area is 167 Å². The number of halogens is 1. The summed E-state index contributed by atoms with van der Waals surface area (Å²) in [6.07, 6.45) is 4.15. The number of benzene rings is 1. The van der Waals surface area contributed by atoms with Gasteiger partial charge >= 0.3 is 0 Å². The summed E-state index contributed by atoms with van der Waals surface area (Å²) >= 11 is 3.38. The molecule has 0 spiro atoms. The average molecular weight is 430 g/mol. The lowest BCUT2D eigenvalue weighted by atomic mass is 10.1. The number of aryl methyl sites for hydroxylation is 2. The van der Waals surface area contributed by atoms with E-state index >= 15 is 0 Å². The molecule has 0 saturated carbocycles. The zero-order valence-electron chi connectivity index (χ0n) is 16.0. The maximum absolute atomic E-state index is 12.8. The summed E-state index contributed by atoms with van der Waals surface area (Å²) < 4.78 is 4.47. The minimum absolute atomic E-state index is 0.0887. The van der Waals surface area contributed by atoms with Crippen molar-refractivity contribution in [2.45, 2.75) is 46.7 Å². The van der Waals surface area contributed by atoms with E-state index in [0.717, 1.165) is 21.5 Å². The molecule has 1 unspecified atom stereocenters. The first-order chi connectivity index (χ1) is 12.9. The van der Waals surface area contributed by atoms with Crippen molar-refractivity contribution < 1.29 is 4.79 Å². The topological polar surface area (TPSA) is 64.7 Å². The molecule has 3 rings (SSSR count). The molecule has 7 heteroatoms. The number of hydrogen-bond donors (Lipinski definition) is 1. The van der Waals surface area contributed by atoms with E-state index in [4.69, 9.17) is 0 Å². The Morgan fingerprint density at radius 3 is 2.52 bits per heavy atom. The predicted octanol–water partition coefficient (Wildman–Crippen LogP) is 4.41. The zero-order valence-corrected chi connectivity index (χ0v) is 17.6. The molecule has 0 fully saturated rings. The highest BCUT2D eigenvalue weighted by atomic mass is 79.9. The number of nitrogens with zero attached hydrogens (tertiary/aromatic N) is 4. The maximum Gasteiger partial charge on any atom is 0.249 e. The molecule has 1 N–H and O–H groups in total. The molecular weight excluding hydrogens is 406 g/mol. The van der Waals surface area contributed by atoms with Crippen LogP contribution in [0.1, 0.15) is 41.9 Å². The molecule has 2 aromatic heterocycles. The number of rotatable bonds is 6. The summed E-state index contributed by atoms with van der Waals surface area (Å²) in [6, 6.07) is 8.03. The molecule has 1 aromatic carbocycles. The number of nitrogens with one attached hydrogen (secondary N) is 1. The van der Waals surface area contributed by atoms with Crippen molar-refractivity contribution in [1.82, 2.24) is 19.6 Å². The second-order valence-corrected chi connectivity index (χ2v) is 7.66. The molecule has 3 aromatic rings. The van der Waals surface area contributed by atoms with Crippen LogP contribution in [0.25, 0.3) is 0 Å². The molecule has 27 heavy (non-hydrogen) atoms. The van der Waals surface area contributed by atoms with Gasteiger partial charge in [0.2, 0.25) is 5.91 Å². The molecule has 0 aliphatic heterocycles. The molecule has 0 bridgehead atoms. The first-order valence-electron chi connectivity index (χ1n) is 8.99. The van der Waals surface area contributed by atoms with Crippen LogP contribution in [0.5, 0.6) is 0 Å². The minimum Gasteiger partial charge on any atom is -0.321 e. The van der Waals surface area contributed by atoms with Crippen LogP contribution in [0.4, 0.5) is 5.69 Å². The molecule has 0 aliphatic carbocycles. The Kier molecular flexibility index (Phi) is 5.79. The van der Waals surface area contributed by atoms with Gasteiger partial charge in [-0.1, -0.05) is 36.8 Å². The normalized spacial score (nSPS) is 12.2. The number of amides is 1. The van der Waals surface area contributed by atoms with Gasteiger partial charge in [-0.15, -0.1) is 0 Å². The van der Waals surface area contributed by atoms with E-state index in [2.05, 4.69) is 62.6 Å². The smallest absolute Gasteiger partial charge is 0.249 e. The van der Waals surface area contributed by atoms with E-state index in [0.29, 0.717) is 13.0 Å². The highest BCUT2D eigenvalue weighted by molar-refractivity contribution is 9.10. The highest BCUT2D eigenvalue weighted by Gasteiger charge is 2.22. The second-order valence-electron chi connectivity index (χ2n) is 6.74. The van der Waals surface area contributed by atoms with Gasteiger partial charge in [0, 0.05) is 6.20 Å². The molecule has 2 heterocycles. The largest absolute Gasteiger partial charge is 0.321 e. The van der Waals surface area contributed by atoms with E-state index in [1.54, 1.807) is 10.9 Å². The number of carbonyl (C=O) groups is 1. The minimum atomic E-state index is -0.365. The van der Waals surface area contributed by atoms with Gasteiger partial charge in [0.25, 0.3) is 0 Å². The van der Waals surface area contributed by atoms with Crippen LogP contribution in [0, 0.1) is 20.8 Å². The van der Waals surface area contributed by atoms with Crippen LogP contribution in [0.3, 0.4) is 0 Å². The SMILES string of the molecule is CCC(C(=O)Nc1c(C)nn(Cc2ccc(C)cc2)c1C)n1cc(Br)cn1. The fraction of sp³-hybridized carbons (Fsp3) is 0.350. The lowest BCUT2D eigenvalue weighted by molar-refractivity contribution is -0.119. The molecule has 0 radical (unpaired) electrons. The summed E-state index contributed by atoms with van der Waals surface area (Å²) in [7, 11) is 0. The quantitative estimate of drug-likeness (QED) is 0.630. The molecule has 1 amide bonds. The summed E-state index contributed by atoms with van der Waals surface area (Å²) in [4.78, 5) is 12.8. The summed E-state index contributed by atoms with van der Waals surface area (Å²) in [5, 5.41) is 11.9. The van der Waals surface area contributed by atoms with E-state index in [9.17, 15) is 4.79 Å². The van der Waals surface area contributed by atoms with Gasteiger partial charge in [-0.3, -0.25) is 14.2 Å². The number of aromatic nitrogens is 4. The van der Waals surface area contributed by atoms with Crippen molar-refractivity contribution >= 4 is 27.5 Å². The fourth-order valence-corrected chi connectivity index (χ4v) is 3.38. The van der Waals surface area contributed by atoms with Gasteiger partial charge < -0.3 is 5.32 Å². The van der Waals surface area contributed by atoms with Crippen molar-refractivity contribution in [1.29, 1.82) is 0 Å². The van der Waals surface area contributed by atoms with Crippen LogP contribution in [0.15, 0.2) is 41.1 Å². The second kappa shape index (κ2) is 8.08. The lowest BCUT2D eigenvalue weighted by Gasteiger charge is -2.16. The molecular formula is C20H24BrN5O. The fourth-order valence-electron chi connectivity index (χ4n) is 3.08. The van der Waals surface area contributed by atoms with Gasteiger partial charge in [0.1, 0.15) is 6.04 Å². The Morgan fingerprint density at radius 1 is 1.22 bits per heavy atom. The Balaban J connectivity index is 1.79. The standard InChI is InChI=1S/C20H24BrN5O/c1-5-18(26-12-17(21)10-22-26)20(27)23-19-14(3)24-25(15(19)4)11-16-8-6-13(2)7-9-16/h6-10,12,18H,5,11H2,1-4H3,(H,23,27). The highest BCUT2D eigenvalue weighted by Crippen LogP contribution is 2.23. The Hall–Kier alpha value is -2.41. The Morgan fingerprint density at radius 2 is 1.93 bits per heavy atom. The van der Waals surface area contributed by atoms with Crippen molar-refractivity contribution in [3.05, 3.63) is 63.6 Å². The maximum atomic E-state index is 12.8.